The molecule has 1 heterocycles. The minimum absolute atomic E-state index is 0.507. The van der Waals surface area contributed by atoms with Crippen molar-refractivity contribution in [1.29, 1.82) is 0 Å². The number of anilines is 1. The van der Waals surface area contributed by atoms with E-state index in [0.717, 1.165) is 23.0 Å². The van der Waals surface area contributed by atoms with Crippen LogP contribution in [0.25, 0.3) is 0 Å². The fourth-order valence-electron chi connectivity index (χ4n) is 1.56. The van der Waals surface area contributed by atoms with Crippen molar-refractivity contribution in [2.75, 3.05) is 5.73 Å². The van der Waals surface area contributed by atoms with Crippen LogP contribution in [0.15, 0.2) is 35.1 Å². The van der Waals surface area contributed by atoms with Gasteiger partial charge in [-0.1, -0.05) is 19.4 Å². The highest BCUT2D eigenvalue weighted by molar-refractivity contribution is 9.10. The van der Waals surface area contributed by atoms with E-state index in [1.54, 1.807) is 6.07 Å². The topological polar surface area (TPSA) is 61.0 Å². The van der Waals surface area contributed by atoms with Crippen molar-refractivity contribution in [3.8, 4) is 11.6 Å². The molecule has 0 radical (unpaired) electrons. The second-order valence-corrected chi connectivity index (χ2v) is 4.71. The number of hydrogen-bond donors (Lipinski definition) is 1. The van der Waals surface area contributed by atoms with Crippen LogP contribution in [0, 0.1) is 0 Å². The Bertz CT molecular complexity index is 525. The monoisotopic (exact) mass is 307 g/mol. The number of aryl methyl sites for hydroxylation is 1. The summed E-state index contributed by atoms with van der Waals surface area (Å²) in [6.07, 6.45) is 3.45. The maximum Gasteiger partial charge on any atom is 0.222 e. The lowest BCUT2D eigenvalue weighted by molar-refractivity contribution is 0.459. The number of rotatable bonds is 4. The Kier molecular flexibility index (Phi) is 4.15. The van der Waals surface area contributed by atoms with Crippen molar-refractivity contribution in [2.45, 2.75) is 19.8 Å². The van der Waals surface area contributed by atoms with Crippen LogP contribution in [-0.4, -0.2) is 9.97 Å². The normalized spacial score (nSPS) is 10.3. The van der Waals surface area contributed by atoms with E-state index < -0.39 is 0 Å². The molecule has 2 N–H and O–H groups in total. The van der Waals surface area contributed by atoms with Gasteiger partial charge in [-0.25, -0.2) is 9.97 Å². The molecule has 0 bridgehead atoms. The first-order chi connectivity index (χ1) is 8.70. The smallest absolute Gasteiger partial charge is 0.222 e. The van der Waals surface area contributed by atoms with E-state index >= 15 is 0 Å². The fraction of sp³-hybridized carbons (Fsp3) is 0.231. The highest BCUT2D eigenvalue weighted by atomic mass is 79.9. The lowest BCUT2D eigenvalue weighted by atomic mass is 10.2. The quantitative estimate of drug-likeness (QED) is 0.877. The van der Waals surface area contributed by atoms with Crippen LogP contribution >= 0.6 is 15.9 Å². The third-order valence-electron chi connectivity index (χ3n) is 2.41. The van der Waals surface area contributed by atoms with Crippen molar-refractivity contribution in [3.63, 3.8) is 0 Å². The average molecular weight is 308 g/mol. The standard InChI is InChI=1S/C13H14BrN3O/c1-2-4-9-7-12(17-8-16-9)18-13-10(14)5-3-6-11(13)15/h3,5-8H,2,4,15H2,1H3. The van der Waals surface area contributed by atoms with Crippen molar-refractivity contribution in [3.05, 3.63) is 40.8 Å². The number of para-hydroxylation sites is 1. The summed E-state index contributed by atoms with van der Waals surface area (Å²) in [5, 5.41) is 0. The van der Waals surface area contributed by atoms with E-state index in [4.69, 9.17) is 10.5 Å². The molecule has 0 aliphatic heterocycles. The molecule has 94 valence electrons. The number of ether oxygens (including phenoxy) is 1. The molecule has 0 saturated heterocycles. The number of hydrogen-bond acceptors (Lipinski definition) is 4. The lowest BCUT2D eigenvalue weighted by Crippen LogP contribution is -1.97. The summed E-state index contributed by atoms with van der Waals surface area (Å²) >= 11 is 3.41. The number of halogens is 1. The van der Waals surface area contributed by atoms with Gasteiger partial charge in [0.25, 0.3) is 0 Å². The Morgan fingerprint density at radius 2 is 2.17 bits per heavy atom. The van der Waals surface area contributed by atoms with E-state index in [2.05, 4.69) is 32.8 Å². The molecule has 0 spiro atoms. The van der Waals surface area contributed by atoms with Gasteiger partial charge in [-0.05, 0) is 34.5 Å². The first kappa shape index (κ1) is 12.8. The predicted octanol–water partition coefficient (Wildman–Crippen LogP) is 3.57. The molecule has 2 aromatic rings. The Labute approximate surface area is 114 Å². The molecule has 4 nitrogen and oxygen atoms in total. The fourth-order valence-corrected chi connectivity index (χ4v) is 2.03. The third kappa shape index (κ3) is 2.98. The number of benzene rings is 1. The maximum absolute atomic E-state index is 5.87. The lowest BCUT2D eigenvalue weighted by Gasteiger charge is -2.09. The minimum atomic E-state index is 0.507. The molecule has 0 unspecified atom stereocenters. The molecular weight excluding hydrogens is 294 g/mol. The number of nitrogens with two attached hydrogens (primary N) is 1. The van der Waals surface area contributed by atoms with Gasteiger partial charge in [-0.15, -0.1) is 0 Å². The third-order valence-corrected chi connectivity index (χ3v) is 3.03. The molecule has 0 fully saturated rings. The first-order valence-corrected chi connectivity index (χ1v) is 6.52. The zero-order chi connectivity index (χ0) is 13.0. The molecule has 0 amide bonds. The maximum atomic E-state index is 5.87. The SMILES string of the molecule is CCCc1cc(Oc2c(N)cccc2Br)ncn1. The number of aromatic nitrogens is 2. The predicted molar refractivity (Wildman–Crippen MR) is 74.7 cm³/mol. The van der Waals surface area contributed by atoms with Crippen molar-refractivity contribution in [1.82, 2.24) is 9.97 Å². The van der Waals surface area contributed by atoms with E-state index in [0.29, 0.717) is 17.3 Å². The van der Waals surface area contributed by atoms with E-state index in [1.165, 1.54) is 6.33 Å². The molecule has 0 aliphatic rings. The molecule has 1 aromatic heterocycles. The second kappa shape index (κ2) is 5.82. The van der Waals surface area contributed by atoms with Gasteiger partial charge in [0.15, 0.2) is 5.75 Å². The summed E-state index contributed by atoms with van der Waals surface area (Å²) in [6.45, 7) is 2.11. The summed E-state index contributed by atoms with van der Waals surface area (Å²) in [5.74, 6) is 1.09. The van der Waals surface area contributed by atoms with Crippen LogP contribution < -0.4 is 10.5 Å². The van der Waals surface area contributed by atoms with Crippen LogP contribution in [-0.2, 0) is 6.42 Å². The summed E-state index contributed by atoms with van der Waals surface area (Å²) in [4.78, 5) is 8.27. The Morgan fingerprint density at radius 1 is 1.33 bits per heavy atom. The van der Waals surface area contributed by atoms with Gasteiger partial charge in [-0.2, -0.15) is 0 Å². The highest BCUT2D eigenvalue weighted by Gasteiger charge is 2.08. The first-order valence-electron chi connectivity index (χ1n) is 5.73. The second-order valence-electron chi connectivity index (χ2n) is 3.86. The van der Waals surface area contributed by atoms with Gasteiger partial charge in [0.2, 0.25) is 5.88 Å². The van der Waals surface area contributed by atoms with Crippen LogP contribution in [0.3, 0.4) is 0 Å². The van der Waals surface area contributed by atoms with Gasteiger partial charge in [-0.3, -0.25) is 0 Å². The van der Waals surface area contributed by atoms with Crippen molar-refractivity contribution in [2.24, 2.45) is 0 Å². The Morgan fingerprint density at radius 3 is 2.89 bits per heavy atom. The summed E-state index contributed by atoms with van der Waals surface area (Å²) in [6, 6.07) is 7.35. The molecule has 0 aliphatic carbocycles. The van der Waals surface area contributed by atoms with E-state index in [9.17, 15) is 0 Å². The Balaban J connectivity index is 2.26. The molecule has 18 heavy (non-hydrogen) atoms. The van der Waals surface area contributed by atoms with Crippen LogP contribution in [0.5, 0.6) is 11.6 Å². The zero-order valence-electron chi connectivity index (χ0n) is 10.1. The van der Waals surface area contributed by atoms with E-state index in [1.807, 2.05) is 18.2 Å². The van der Waals surface area contributed by atoms with Gasteiger partial charge >= 0.3 is 0 Å². The van der Waals surface area contributed by atoms with Crippen molar-refractivity contribution < 1.29 is 4.74 Å². The van der Waals surface area contributed by atoms with Crippen LogP contribution in [0.4, 0.5) is 5.69 Å². The molecule has 2 rings (SSSR count). The number of nitrogens with zero attached hydrogens (tertiary/aromatic N) is 2. The Hall–Kier alpha value is -1.62. The largest absolute Gasteiger partial charge is 0.436 e. The van der Waals surface area contributed by atoms with Crippen LogP contribution in [0.2, 0.25) is 0 Å². The van der Waals surface area contributed by atoms with Gasteiger partial charge in [0.05, 0.1) is 10.2 Å². The average Bonchev–Trinajstić information content (AvgIpc) is 2.35. The summed E-state index contributed by atoms with van der Waals surface area (Å²) in [5.41, 5.74) is 7.40. The number of nitrogen functional groups attached to an aromatic ring is 1. The van der Waals surface area contributed by atoms with Crippen LogP contribution in [0.1, 0.15) is 19.0 Å². The molecule has 0 atom stereocenters. The van der Waals surface area contributed by atoms with Gasteiger partial charge in [0, 0.05) is 11.8 Å². The van der Waals surface area contributed by atoms with Crippen molar-refractivity contribution >= 4 is 21.6 Å². The summed E-state index contributed by atoms with van der Waals surface area (Å²) < 4.78 is 6.51. The highest BCUT2D eigenvalue weighted by Crippen LogP contribution is 2.34. The molecule has 0 saturated carbocycles. The van der Waals surface area contributed by atoms with Gasteiger partial charge < -0.3 is 10.5 Å². The van der Waals surface area contributed by atoms with Gasteiger partial charge in [0.1, 0.15) is 6.33 Å². The molecular formula is C13H14BrN3O. The minimum Gasteiger partial charge on any atom is -0.436 e. The molecule has 5 heteroatoms. The molecule has 1 aromatic carbocycles. The van der Waals surface area contributed by atoms with E-state index in [-0.39, 0.29) is 0 Å². The zero-order valence-corrected chi connectivity index (χ0v) is 11.6. The summed E-state index contributed by atoms with van der Waals surface area (Å²) in [7, 11) is 0.